The molecule has 1 saturated heterocycles. The quantitative estimate of drug-likeness (QED) is 0.841. The average Bonchev–Trinajstić information content (AvgIpc) is 3.23. The Kier molecular flexibility index (Phi) is 5.59. The standard InChI is InChI=1S/C18H23ClN4OS2/c1-22-15-4-2-12(20-11-13-3-5-16(19)26-13)10-14(15)17(21-22)18(24)23-6-8-25-9-7-23/h3,5,12,20H,2,4,6-11H2,1H3. The fraction of sp³-hybridized carbons (Fsp3) is 0.556. The summed E-state index contributed by atoms with van der Waals surface area (Å²) < 4.78 is 2.74. The van der Waals surface area contributed by atoms with Gasteiger partial charge >= 0.3 is 0 Å². The van der Waals surface area contributed by atoms with Crippen LogP contribution in [0, 0.1) is 0 Å². The highest BCUT2D eigenvalue weighted by Gasteiger charge is 2.30. The van der Waals surface area contributed by atoms with Gasteiger partial charge in [0.1, 0.15) is 0 Å². The molecule has 2 aliphatic rings. The van der Waals surface area contributed by atoms with Crippen LogP contribution in [0.25, 0.3) is 0 Å². The number of fused-ring (bicyclic) bond motifs is 1. The van der Waals surface area contributed by atoms with Gasteiger partial charge in [0.15, 0.2) is 5.69 Å². The van der Waals surface area contributed by atoms with E-state index in [4.69, 9.17) is 11.6 Å². The van der Waals surface area contributed by atoms with Crippen LogP contribution in [-0.4, -0.2) is 51.2 Å². The number of carbonyl (C=O) groups is 1. The van der Waals surface area contributed by atoms with Crippen LogP contribution in [0.5, 0.6) is 0 Å². The van der Waals surface area contributed by atoms with Crippen molar-refractivity contribution in [2.24, 2.45) is 7.05 Å². The lowest BCUT2D eigenvalue weighted by Gasteiger charge is -2.27. The Morgan fingerprint density at radius 1 is 1.38 bits per heavy atom. The van der Waals surface area contributed by atoms with Gasteiger partial charge in [-0.25, -0.2) is 0 Å². The predicted molar refractivity (Wildman–Crippen MR) is 108 cm³/mol. The molecule has 1 aliphatic carbocycles. The van der Waals surface area contributed by atoms with E-state index in [1.54, 1.807) is 11.3 Å². The molecule has 26 heavy (non-hydrogen) atoms. The third-order valence-corrected chi connectivity index (χ3v) is 7.32. The molecule has 0 spiro atoms. The highest BCUT2D eigenvalue weighted by Crippen LogP contribution is 2.27. The molecule has 1 atom stereocenters. The second kappa shape index (κ2) is 7.92. The topological polar surface area (TPSA) is 50.2 Å². The molecule has 0 aromatic carbocycles. The molecule has 140 valence electrons. The van der Waals surface area contributed by atoms with E-state index in [9.17, 15) is 4.79 Å². The molecule has 0 radical (unpaired) electrons. The zero-order chi connectivity index (χ0) is 18.1. The Hall–Kier alpha value is -1.02. The molecule has 2 aromatic heterocycles. The first-order chi connectivity index (χ1) is 12.6. The summed E-state index contributed by atoms with van der Waals surface area (Å²) in [5.41, 5.74) is 3.03. The zero-order valence-electron chi connectivity index (χ0n) is 14.8. The Morgan fingerprint density at radius 2 is 2.19 bits per heavy atom. The van der Waals surface area contributed by atoms with E-state index in [1.165, 1.54) is 10.6 Å². The Bertz CT molecular complexity index is 797. The maximum atomic E-state index is 13.0. The number of hydrogen-bond donors (Lipinski definition) is 1. The molecular formula is C18H23ClN4OS2. The second-order valence-electron chi connectivity index (χ2n) is 6.83. The van der Waals surface area contributed by atoms with Crippen molar-refractivity contribution < 1.29 is 4.79 Å². The number of rotatable bonds is 4. The number of halogens is 1. The summed E-state index contributed by atoms with van der Waals surface area (Å²) in [7, 11) is 1.96. The van der Waals surface area contributed by atoms with Gasteiger partial charge in [0.05, 0.1) is 4.34 Å². The van der Waals surface area contributed by atoms with E-state index in [0.29, 0.717) is 11.7 Å². The van der Waals surface area contributed by atoms with Crippen LogP contribution in [0.2, 0.25) is 4.34 Å². The van der Waals surface area contributed by atoms with E-state index in [2.05, 4.69) is 16.5 Å². The van der Waals surface area contributed by atoms with Gasteiger partial charge in [-0.3, -0.25) is 9.48 Å². The molecule has 1 unspecified atom stereocenters. The van der Waals surface area contributed by atoms with Gasteiger partial charge in [-0.2, -0.15) is 16.9 Å². The summed E-state index contributed by atoms with van der Waals surface area (Å²) in [6, 6.07) is 4.38. The lowest BCUT2D eigenvalue weighted by molar-refractivity contribution is 0.0764. The third-order valence-electron chi connectivity index (χ3n) is 5.15. The number of thioether (sulfide) groups is 1. The van der Waals surface area contributed by atoms with Crippen molar-refractivity contribution in [3.05, 3.63) is 38.3 Å². The summed E-state index contributed by atoms with van der Waals surface area (Å²) in [5, 5.41) is 8.23. The van der Waals surface area contributed by atoms with Crippen LogP contribution in [0.3, 0.4) is 0 Å². The number of amides is 1. The van der Waals surface area contributed by atoms with Crippen LogP contribution >= 0.6 is 34.7 Å². The van der Waals surface area contributed by atoms with Gasteiger partial charge < -0.3 is 10.2 Å². The van der Waals surface area contributed by atoms with Crippen LogP contribution in [0.15, 0.2) is 12.1 Å². The molecule has 1 fully saturated rings. The van der Waals surface area contributed by atoms with Crippen molar-refractivity contribution >= 4 is 40.6 Å². The minimum atomic E-state index is 0.104. The van der Waals surface area contributed by atoms with E-state index in [1.807, 2.05) is 34.5 Å². The van der Waals surface area contributed by atoms with Crippen molar-refractivity contribution in [2.45, 2.75) is 31.8 Å². The van der Waals surface area contributed by atoms with Gasteiger partial charge in [-0.05, 0) is 31.4 Å². The molecule has 0 bridgehead atoms. The number of carbonyl (C=O) groups excluding carboxylic acids is 1. The maximum Gasteiger partial charge on any atom is 0.274 e. The predicted octanol–water partition coefficient (Wildman–Crippen LogP) is 2.97. The van der Waals surface area contributed by atoms with Crippen LogP contribution < -0.4 is 5.32 Å². The molecule has 1 aliphatic heterocycles. The van der Waals surface area contributed by atoms with Crippen molar-refractivity contribution in [1.82, 2.24) is 20.0 Å². The minimum Gasteiger partial charge on any atom is -0.336 e. The molecule has 1 N–H and O–H groups in total. The third kappa shape index (κ3) is 3.81. The van der Waals surface area contributed by atoms with E-state index in [0.717, 1.165) is 60.3 Å². The van der Waals surface area contributed by atoms with Crippen molar-refractivity contribution in [1.29, 1.82) is 0 Å². The Balaban J connectivity index is 1.47. The number of hydrogen-bond acceptors (Lipinski definition) is 5. The average molecular weight is 411 g/mol. The van der Waals surface area contributed by atoms with Crippen LogP contribution in [0.4, 0.5) is 0 Å². The van der Waals surface area contributed by atoms with Crippen molar-refractivity contribution in [3.63, 3.8) is 0 Å². The van der Waals surface area contributed by atoms with E-state index < -0.39 is 0 Å². The maximum absolute atomic E-state index is 13.0. The summed E-state index contributed by atoms with van der Waals surface area (Å²) >= 11 is 9.55. The fourth-order valence-electron chi connectivity index (χ4n) is 3.74. The second-order valence-corrected chi connectivity index (χ2v) is 9.85. The first-order valence-electron chi connectivity index (χ1n) is 9.01. The number of nitrogens with zero attached hydrogens (tertiary/aromatic N) is 3. The summed E-state index contributed by atoms with van der Waals surface area (Å²) in [5.74, 6) is 2.15. The number of aryl methyl sites for hydroxylation is 1. The van der Waals surface area contributed by atoms with Gasteiger partial charge in [-0.15, -0.1) is 11.3 Å². The van der Waals surface area contributed by atoms with Gasteiger partial charge in [0.2, 0.25) is 0 Å². The Labute approximate surface area is 167 Å². The highest BCUT2D eigenvalue weighted by molar-refractivity contribution is 7.99. The van der Waals surface area contributed by atoms with E-state index >= 15 is 0 Å². The van der Waals surface area contributed by atoms with Crippen LogP contribution in [0.1, 0.15) is 33.0 Å². The highest BCUT2D eigenvalue weighted by atomic mass is 35.5. The molecule has 8 heteroatoms. The Morgan fingerprint density at radius 3 is 2.92 bits per heavy atom. The summed E-state index contributed by atoms with van der Waals surface area (Å²) in [6.45, 7) is 2.48. The van der Waals surface area contributed by atoms with Gasteiger partial charge in [0.25, 0.3) is 5.91 Å². The van der Waals surface area contributed by atoms with Crippen molar-refractivity contribution in [3.8, 4) is 0 Å². The first-order valence-corrected chi connectivity index (χ1v) is 11.4. The molecular weight excluding hydrogens is 388 g/mol. The van der Waals surface area contributed by atoms with Crippen LogP contribution in [-0.2, 0) is 26.4 Å². The molecule has 1 amide bonds. The van der Waals surface area contributed by atoms with Gasteiger partial charge in [0, 0.05) is 60.4 Å². The molecule has 4 rings (SSSR count). The molecule has 2 aromatic rings. The normalized spacial score (nSPS) is 20.2. The molecule has 0 saturated carbocycles. The monoisotopic (exact) mass is 410 g/mol. The van der Waals surface area contributed by atoms with Crippen molar-refractivity contribution in [2.75, 3.05) is 24.6 Å². The smallest absolute Gasteiger partial charge is 0.274 e. The number of thiophene rings is 1. The lowest BCUT2D eigenvalue weighted by Crippen LogP contribution is -2.39. The minimum absolute atomic E-state index is 0.104. The number of aromatic nitrogens is 2. The fourth-order valence-corrected chi connectivity index (χ4v) is 5.68. The summed E-state index contributed by atoms with van der Waals surface area (Å²) in [4.78, 5) is 16.2. The first kappa shape index (κ1) is 18.3. The zero-order valence-corrected chi connectivity index (χ0v) is 17.2. The SMILES string of the molecule is Cn1nc(C(=O)N2CCSCC2)c2c1CCC(NCc1ccc(Cl)s1)C2. The van der Waals surface area contributed by atoms with E-state index in [-0.39, 0.29) is 5.91 Å². The molecule has 3 heterocycles. The summed E-state index contributed by atoms with van der Waals surface area (Å²) in [6.07, 6.45) is 2.90. The largest absolute Gasteiger partial charge is 0.336 e. The lowest BCUT2D eigenvalue weighted by atomic mass is 9.91. The number of nitrogens with one attached hydrogen (secondary N) is 1. The molecule has 5 nitrogen and oxygen atoms in total. The van der Waals surface area contributed by atoms with Gasteiger partial charge in [-0.1, -0.05) is 11.6 Å².